The number of rotatable bonds is 9. The Kier molecular flexibility index (Phi) is 9.00. The van der Waals surface area contributed by atoms with Crippen molar-refractivity contribution in [2.75, 3.05) is 13.7 Å². The van der Waals surface area contributed by atoms with Crippen molar-refractivity contribution in [3.8, 4) is 0 Å². The van der Waals surface area contributed by atoms with Crippen LogP contribution in [0.3, 0.4) is 0 Å². The lowest BCUT2D eigenvalue weighted by atomic mass is 10.1. The van der Waals surface area contributed by atoms with Crippen LogP contribution in [0.1, 0.15) is 38.5 Å². The first kappa shape index (κ1) is 12.4. The molecule has 0 rings (SSSR count). The lowest BCUT2D eigenvalue weighted by Gasteiger charge is -1.99. The molecule has 0 bridgehead atoms. The maximum absolute atomic E-state index is 11.1. The van der Waals surface area contributed by atoms with E-state index in [1.807, 2.05) is 6.08 Å². The molecule has 13 heavy (non-hydrogen) atoms. The number of Topliss-reactive ketones (excluding diaryl/α,β-unsaturated/α-hetero) is 1. The molecule has 0 N–H and O–H groups in total. The predicted molar refractivity (Wildman–Crippen MR) is 54.8 cm³/mol. The first-order valence-electron chi connectivity index (χ1n) is 4.92. The second-order valence-corrected chi connectivity index (χ2v) is 3.17. The third-order valence-corrected chi connectivity index (χ3v) is 1.95. The smallest absolute Gasteiger partial charge is 0.135 e. The highest BCUT2D eigenvalue weighted by Crippen LogP contribution is 2.04. The van der Waals surface area contributed by atoms with Gasteiger partial charge in [-0.2, -0.15) is 0 Å². The molecule has 0 spiro atoms. The Balaban J connectivity index is 3.12. The fourth-order valence-electron chi connectivity index (χ4n) is 1.13. The van der Waals surface area contributed by atoms with Gasteiger partial charge >= 0.3 is 0 Å². The van der Waals surface area contributed by atoms with E-state index in [-0.39, 0.29) is 0 Å². The van der Waals surface area contributed by atoms with Crippen LogP contribution in [0.5, 0.6) is 0 Å². The summed E-state index contributed by atoms with van der Waals surface area (Å²) >= 11 is 0. The second-order valence-electron chi connectivity index (χ2n) is 3.17. The SMILES string of the molecule is C=CCCCCCC(=O)CCOC. The third kappa shape index (κ3) is 9.28. The molecule has 0 unspecified atom stereocenters. The van der Waals surface area contributed by atoms with Crippen molar-refractivity contribution in [2.24, 2.45) is 0 Å². The molecule has 76 valence electrons. The van der Waals surface area contributed by atoms with Gasteiger partial charge in [0.25, 0.3) is 0 Å². The summed E-state index contributed by atoms with van der Waals surface area (Å²) < 4.78 is 4.82. The topological polar surface area (TPSA) is 26.3 Å². The van der Waals surface area contributed by atoms with E-state index in [1.165, 1.54) is 0 Å². The van der Waals surface area contributed by atoms with Gasteiger partial charge in [0.2, 0.25) is 0 Å². The number of hydrogen-bond donors (Lipinski definition) is 0. The van der Waals surface area contributed by atoms with Gasteiger partial charge in [0.15, 0.2) is 0 Å². The first-order chi connectivity index (χ1) is 6.31. The monoisotopic (exact) mass is 184 g/mol. The van der Waals surface area contributed by atoms with Gasteiger partial charge in [-0.05, 0) is 19.3 Å². The van der Waals surface area contributed by atoms with Crippen molar-refractivity contribution in [3.63, 3.8) is 0 Å². The van der Waals surface area contributed by atoms with Crippen molar-refractivity contribution in [2.45, 2.75) is 38.5 Å². The maximum Gasteiger partial charge on any atom is 0.135 e. The van der Waals surface area contributed by atoms with E-state index in [0.717, 1.165) is 25.7 Å². The van der Waals surface area contributed by atoms with Crippen LogP contribution in [-0.4, -0.2) is 19.5 Å². The Morgan fingerprint density at radius 3 is 2.69 bits per heavy atom. The number of carbonyl (C=O) groups excluding carboxylic acids is 1. The number of allylic oxidation sites excluding steroid dienone is 1. The highest BCUT2D eigenvalue weighted by atomic mass is 16.5. The molecule has 0 saturated heterocycles. The van der Waals surface area contributed by atoms with Crippen molar-refractivity contribution in [3.05, 3.63) is 12.7 Å². The molecule has 0 aromatic heterocycles. The molecule has 2 heteroatoms. The van der Waals surface area contributed by atoms with E-state index >= 15 is 0 Å². The molecule has 0 aliphatic heterocycles. The standard InChI is InChI=1S/C11H20O2/c1-3-4-5-6-7-8-11(12)9-10-13-2/h3H,1,4-10H2,2H3. The minimum absolute atomic E-state index is 0.320. The van der Waals surface area contributed by atoms with Gasteiger partial charge in [-0.15, -0.1) is 6.58 Å². The van der Waals surface area contributed by atoms with Crippen LogP contribution in [-0.2, 0) is 9.53 Å². The summed E-state index contributed by atoms with van der Waals surface area (Å²) in [6.07, 6.45) is 7.56. The molecule has 0 aromatic carbocycles. The highest BCUT2D eigenvalue weighted by molar-refractivity contribution is 5.78. The number of ketones is 1. The third-order valence-electron chi connectivity index (χ3n) is 1.95. The van der Waals surface area contributed by atoms with E-state index in [2.05, 4.69) is 6.58 Å². The molecule has 0 atom stereocenters. The zero-order valence-corrected chi connectivity index (χ0v) is 8.55. The van der Waals surface area contributed by atoms with E-state index < -0.39 is 0 Å². The fraction of sp³-hybridized carbons (Fsp3) is 0.727. The number of ether oxygens (including phenoxy) is 1. The number of unbranched alkanes of at least 4 members (excludes halogenated alkanes) is 3. The molecule has 0 saturated carbocycles. The van der Waals surface area contributed by atoms with Crippen LogP contribution in [0, 0.1) is 0 Å². The molecule has 0 aromatic rings. The molecular weight excluding hydrogens is 164 g/mol. The van der Waals surface area contributed by atoms with Gasteiger partial charge < -0.3 is 4.74 Å². The Morgan fingerprint density at radius 2 is 2.08 bits per heavy atom. The predicted octanol–water partition coefficient (Wildman–Crippen LogP) is 2.73. The van der Waals surface area contributed by atoms with E-state index in [4.69, 9.17) is 4.74 Å². The molecule has 2 nitrogen and oxygen atoms in total. The van der Waals surface area contributed by atoms with Crippen molar-refractivity contribution in [1.29, 1.82) is 0 Å². The minimum Gasteiger partial charge on any atom is -0.384 e. The van der Waals surface area contributed by atoms with Crippen LogP contribution in [0.2, 0.25) is 0 Å². The van der Waals surface area contributed by atoms with Crippen molar-refractivity contribution >= 4 is 5.78 Å². The van der Waals surface area contributed by atoms with Gasteiger partial charge in [-0.3, -0.25) is 4.79 Å². The zero-order valence-electron chi connectivity index (χ0n) is 8.55. The lowest BCUT2D eigenvalue weighted by molar-refractivity contribution is -0.120. The summed E-state index contributed by atoms with van der Waals surface area (Å²) in [7, 11) is 1.62. The number of carbonyl (C=O) groups is 1. The molecule has 0 fully saturated rings. The van der Waals surface area contributed by atoms with Gasteiger partial charge in [0.1, 0.15) is 5.78 Å². The molecule has 0 radical (unpaired) electrons. The van der Waals surface area contributed by atoms with Crippen molar-refractivity contribution < 1.29 is 9.53 Å². The van der Waals surface area contributed by atoms with Crippen LogP contribution >= 0.6 is 0 Å². The number of methoxy groups -OCH3 is 1. The Bertz CT molecular complexity index is 141. The summed E-state index contributed by atoms with van der Waals surface area (Å²) in [5.74, 6) is 0.320. The summed E-state index contributed by atoms with van der Waals surface area (Å²) in [6, 6.07) is 0. The van der Waals surface area contributed by atoms with Crippen LogP contribution < -0.4 is 0 Å². The van der Waals surface area contributed by atoms with E-state index in [1.54, 1.807) is 7.11 Å². The van der Waals surface area contributed by atoms with Gasteiger partial charge in [0, 0.05) is 20.0 Å². The van der Waals surface area contributed by atoms with Gasteiger partial charge in [-0.1, -0.05) is 12.5 Å². The average Bonchev–Trinajstić information content (AvgIpc) is 2.14. The summed E-state index contributed by atoms with van der Waals surface area (Å²) in [6.45, 7) is 4.21. The molecule has 0 amide bonds. The average molecular weight is 184 g/mol. The van der Waals surface area contributed by atoms with Crippen LogP contribution in [0.4, 0.5) is 0 Å². The van der Waals surface area contributed by atoms with Crippen molar-refractivity contribution in [1.82, 2.24) is 0 Å². The quantitative estimate of drug-likeness (QED) is 0.407. The Labute approximate surface area is 81.0 Å². The fourth-order valence-corrected chi connectivity index (χ4v) is 1.13. The maximum atomic E-state index is 11.1. The molecular formula is C11H20O2. The molecule has 0 heterocycles. The second kappa shape index (κ2) is 9.46. The minimum atomic E-state index is 0.320. The number of hydrogen-bond acceptors (Lipinski definition) is 2. The van der Waals surface area contributed by atoms with Crippen LogP contribution in [0.15, 0.2) is 12.7 Å². The molecule has 0 aliphatic carbocycles. The molecule has 0 aliphatic rings. The first-order valence-corrected chi connectivity index (χ1v) is 4.92. The normalized spacial score (nSPS) is 9.92. The lowest BCUT2D eigenvalue weighted by Crippen LogP contribution is -2.02. The largest absolute Gasteiger partial charge is 0.384 e. The van der Waals surface area contributed by atoms with Crippen LogP contribution in [0.25, 0.3) is 0 Å². The summed E-state index contributed by atoms with van der Waals surface area (Å²) in [5.41, 5.74) is 0. The van der Waals surface area contributed by atoms with E-state index in [9.17, 15) is 4.79 Å². The van der Waals surface area contributed by atoms with Gasteiger partial charge in [0.05, 0.1) is 6.61 Å². The zero-order chi connectivity index (χ0) is 9.94. The summed E-state index contributed by atoms with van der Waals surface area (Å²) in [4.78, 5) is 11.1. The van der Waals surface area contributed by atoms with E-state index in [0.29, 0.717) is 25.2 Å². The highest BCUT2D eigenvalue weighted by Gasteiger charge is 2.00. The Hall–Kier alpha value is -0.630. The van der Waals surface area contributed by atoms with Gasteiger partial charge in [-0.25, -0.2) is 0 Å². The Morgan fingerprint density at radius 1 is 1.31 bits per heavy atom. The summed E-state index contributed by atoms with van der Waals surface area (Å²) in [5, 5.41) is 0.